The van der Waals surface area contributed by atoms with Gasteiger partial charge in [-0.2, -0.15) is 8.78 Å². The minimum atomic E-state index is -3.20. The monoisotopic (exact) mass is 555 g/mol. The van der Waals surface area contributed by atoms with Gasteiger partial charge in [0.25, 0.3) is 0 Å². The molecule has 0 unspecified atom stereocenters. The van der Waals surface area contributed by atoms with Crippen LogP contribution in [0, 0.1) is 5.92 Å². The molecule has 0 saturated carbocycles. The summed E-state index contributed by atoms with van der Waals surface area (Å²) in [4.78, 5) is 51.8. The topological polar surface area (TPSA) is 135 Å². The lowest BCUT2D eigenvalue weighted by Crippen LogP contribution is -2.58. The normalized spacial score (nSPS) is 19.1. The van der Waals surface area contributed by atoms with Crippen LogP contribution in [-0.4, -0.2) is 72.8 Å². The summed E-state index contributed by atoms with van der Waals surface area (Å²) in [5, 5.41) is 7.43. The molecule has 39 heavy (non-hydrogen) atoms. The molecular formula is C27H39F2N3O7. The summed E-state index contributed by atoms with van der Waals surface area (Å²) in [5.74, 6) is -2.13. The Bertz CT molecular complexity index is 995. The number of benzene rings is 1. The van der Waals surface area contributed by atoms with E-state index in [1.54, 1.807) is 58.0 Å². The van der Waals surface area contributed by atoms with Crippen LogP contribution in [0.3, 0.4) is 0 Å². The van der Waals surface area contributed by atoms with Crippen LogP contribution in [0.15, 0.2) is 30.3 Å². The van der Waals surface area contributed by atoms with Crippen LogP contribution in [-0.2, 0) is 35.0 Å². The molecule has 1 heterocycles. The quantitative estimate of drug-likeness (QED) is 0.301. The maximum atomic E-state index is 13.2. The van der Waals surface area contributed by atoms with Crippen molar-refractivity contribution in [3.05, 3.63) is 35.9 Å². The van der Waals surface area contributed by atoms with Crippen molar-refractivity contribution in [3.63, 3.8) is 0 Å². The van der Waals surface area contributed by atoms with E-state index in [9.17, 15) is 28.0 Å². The number of carbonyl (C=O) groups is 4. The fraction of sp³-hybridized carbons (Fsp3) is 0.630. The Morgan fingerprint density at radius 3 is 2.05 bits per heavy atom. The number of epoxide rings is 1. The van der Waals surface area contributed by atoms with Gasteiger partial charge in [0.2, 0.25) is 11.8 Å². The van der Waals surface area contributed by atoms with Gasteiger partial charge in [-0.25, -0.2) is 4.79 Å². The van der Waals surface area contributed by atoms with Crippen LogP contribution in [0.25, 0.3) is 0 Å². The standard InChI is InChI=1S/C27H39F2N3O7/c1-16(2)12-19(32-25(36)39-26(3,4)5)22(34)31-20(14-37-24(28)29)23(35)30-18(21(33)27(6)15-38-27)13-17-10-8-7-9-11-17/h7-11,16,18-20,24H,12-15H2,1-6H3,(H,30,35)(H,31,34)(H,32,36)/t18-,19-,20-,27+/m0/s1. The Morgan fingerprint density at radius 2 is 1.54 bits per heavy atom. The molecule has 1 fully saturated rings. The minimum Gasteiger partial charge on any atom is -0.444 e. The molecule has 0 bridgehead atoms. The van der Waals surface area contributed by atoms with Gasteiger partial charge >= 0.3 is 12.7 Å². The molecule has 3 N–H and O–H groups in total. The van der Waals surface area contributed by atoms with Crippen molar-refractivity contribution in [3.8, 4) is 0 Å². The molecule has 0 aliphatic carbocycles. The Kier molecular flexibility index (Phi) is 11.3. The van der Waals surface area contributed by atoms with Gasteiger partial charge in [-0.15, -0.1) is 0 Å². The highest BCUT2D eigenvalue weighted by molar-refractivity contribution is 5.98. The zero-order chi connectivity index (χ0) is 29.4. The fourth-order valence-corrected chi connectivity index (χ4v) is 3.73. The average molecular weight is 556 g/mol. The summed E-state index contributed by atoms with van der Waals surface area (Å²) < 4.78 is 40.6. The lowest BCUT2D eigenvalue weighted by molar-refractivity contribution is -0.148. The summed E-state index contributed by atoms with van der Waals surface area (Å²) >= 11 is 0. The third kappa shape index (κ3) is 11.3. The number of ketones is 1. The van der Waals surface area contributed by atoms with Crippen LogP contribution in [0.2, 0.25) is 0 Å². The first-order valence-corrected chi connectivity index (χ1v) is 12.8. The summed E-state index contributed by atoms with van der Waals surface area (Å²) in [6, 6.07) is 5.16. The smallest absolute Gasteiger partial charge is 0.408 e. The SMILES string of the molecule is CC(C)C[C@H](NC(=O)OC(C)(C)C)C(=O)N[C@@H](COC(F)F)C(=O)N[C@@H](Cc1ccccc1)C(=O)[C@@]1(C)CO1. The van der Waals surface area contributed by atoms with Crippen molar-refractivity contribution >= 4 is 23.7 Å². The van der Waals surface area contributed by atoms with Crippen molar-refractivity contribution in [2.75, 3.05) is 13.2 Å². The Balaban J connectivity index is 2.21. The molecule has 2 rings (SSSR count). The molecule has 10 nitrogen and oxygen atoms in total. The maximum Gasteiger partial charge on any atom is 0.408 e. The number of alkyl carbamates (subject to hydrolysis) is 1. The third-order valence-electron chi connectivity index (χ3n) is 5.75. The number of alkyl halides is 2. The Hall–Kier alpha value is -3.12. The lowest BCUT2D eigenvalue weighted by Gasteiger charge is -2.27. The van der Waals surface area contributed by atoms with Crippen LogP contribution in [0.5, 0.6) is 0 Å². The van der Waals surface area contributed by atoms with Gasteiger partial charge in [-0.1, -0.05) is 44.2 Å². The number of carbonyl (C=O) groups excluding carboxylic acids is 4. The molecule has 218 valence electrons. The molecule has 1 aromatic rings. The number of hydrogen-bond acceptors (Lipinski definition) is 7. The second-order valence-electron chi connectivity index (χ2n) is 11.1. The van der Waals surface area contributed by atoms with E-state index in [1.165, 1.54) is 0 Å². The lowest BCUT2D eigenvalue weighted by atomic mass is 9.94. The number of halogens is 2. The van der Waals surface area contributed by atoms with Gasteiger partial charge in [0, 0.05) is 0 Å². The zero-order valence-electron chi connectivity index (χ0n) is 23.2. The van der Waals surface area contributed by atoms with E-state index in [0.717, 1.165) is 5.56 Å². The minimum absolute atomic E-state index is 0.0487. The highest BCUT2D eigenvalue weighted by Gasteiger charge is 2.50. The van der Waals surface area contributed by atoms with E-state index >= 15 is 0 Å². The van der Waals surface area contributed by atoms with Crippen LogP contribution in [0.4, 0.5) is 13.6 Å². The van der Waals surface area contributed by atoms with Gasteiger partial charge in [-0.05, 0) is 52.0 Å². The van der Waals surface area contributed by atoms with Gasteiger partial charge in [0.15, 0.2) is 5.78 Å². The van der Waals surface area contributed by atoms with Crippen molar-refractivity contribution in [1.82, 2.24) is 16.0 Å². The molecule has 12 heteroatoms. The second kappa shape index (κ2) is 13.8. The van der Waals surface area contributed by atoms with Crippen LogP contribution < -0.4 is 16.0 Å². The number of amides is 3. The van der Waals surface area contributed by atoms with Crippen molar-refractivity contribution in [2.45, 2.75) is 90.3 Å². The van der Waals surface area contributed by atoms with Gasteiger partial charge in [0.1, 0.15) is 23.3 Å². The molecule has 0 spiro atoms. The van der Waals surface area contributed by atoms with Crippen LogP contribution in [0.1, 0.15) is 53.5 Å². The molecule has 1 aromatic carbocycles. The summed E-state index contributed by atoms with van der Waals surface area (Å²) in [5.41, 5.74) is -1.13. The Labute approximate surface area is 227 Å². The molecular weight excluding hydrogens is 516 g/mol. The Morgan fingerprint density at radius 1 is 0.974 bits per heavy atom. The highest BCUT2D eigenvalue weighted by Crippen LogP contribution is 2.29. The molecule has 1 saturated heterocycles. The number of ether oxygens (including phenoxy) is 3. The predicted molar refractivity (Wildman–Crippen MR) is 138 cm³/mol. The molecule has 1 aliphatic heterocycles. The molecule has 0 aromatic heterocycles. The highest BCUT2D eigenvalue weighted by atomic mass is 19.3. The van der Waals surface area contributed by atoms with E-state index in [-0.39, 0.29) is 31.1 Å². The molecule has 4 atom stereocenters. The number of nitrogens with one attached hydrogen (secondary N) is 3. The second-order valence-corrected chi connectivity index (χ2v) is 11.1. The molecule has 3 amide bonds. The summed E-state index contributed by atoms with van der Waals surface area (Å²) in [6.45, 7) is 6.33. The maximum absolute atomic E-state index is 13.2. The number of Topliss-reactive ketones (excluding diaryl/α,β-unsaturated/α-hetero) is 1. The average Bonchev–Trinajstić information content (AvgIpc) is 3.57. The van der Waals surface area contributed by atoms with Gasteiger partial charge < -0.3 is 30.2 Å². The first-order chi connectivity index (χ1) is 18.1. The third-order valence-corrected chi connectivity index (χ3v) is 5.75. The van der Waals surface area contributed by atoms with E-state index in [1.807, 2.05) is 13.8 Å². The summed E-state index contributed by atoms with van der Waals surface area (Å²) in [6.07, 6.45) is -0.545. The van der Waals surface area contributed by atoms with Crippen LogP contribution >= 0.6 is 0 Å². The van der Waals surface area contributed by atoms with Gasteiger partial charge in [-0.3, -0.25) is 14.4 Å². The zero-order valence-corrected chi connectivity index (χ0v) is 23.2. The van der Waals surface area contributed by atoms with E-state index in [4.69, 9.17) is 9.47 Å². The van der Waals surface area contributed by atoms with E-state index in [2.05, 4.69) is 20.7 Å². The largest absolute Gasteiger partial charge is 0.444 e. The number of hydrogen-bond donors (Lipinski definition) is 3. The van der Waals surface area contributed by atoms with Gasteiger partial charge in [0.05, 0.1) is 19.3 Å². The fourth-order valence-electron chi connectivity index (χ4n) is 3.73. The molecule has 1 aliphatic rings. The van der Waals surface area contributed by atoms with Crippen molar-refractivity contribution < 1.29 is 42.2 Å². The summed E-state index contributed by atoms with van der Waals surface area (Å²) in [7, 11) is 0. The first kappa shape index (κ1) is 32.1. The van der Waals surface area contributed by atoms with Crippen molar-refractivity contribution in [2.24, 2.45) is 5.92 Å². The number of rotatable bonds is 14. The van der Waals surface area contributed by atoms with E-state index in [0.29, 0.717) is 0 Å². The van der Waals surface area contributed by atoms with Crippen molar-refractivity contribution in [1.29, 1.82) is 0 Å². The van der Waals surface area contributed by atoms with E-state index < -0.39 is 60.5 Å². The molecule has 0 radical (unpaired) electrons. The predicted octanol–water partition coefficient (Wildman–Crippen LogP) is 2.74. The first-order valence-electron chi connectivity index (χ1n) is 12.8.